The third-order valence-corrected chi connectivity index (χ3v) is 4.09. The highest BCUT2D eigenvalue weighted by atomic mass is 16.2. The molecule has 0 bridgehead atoms. The molecule has 2 aromatic rings. The molecule has 3 rings (SSSR count). The van der Waals surface area contributed by atoms with E-state index in [9.17, 15) is 9.59 Å². The number of nitrogens with one attached hydrogen (secondary N) is 1. The summed E-state index contributed by atoms with van der Waals surface area (Å²) in [5, 5.41) is 2.94. The van der Waals surface area contributed by atoms with Crippen LogP contribution in [0.25, 0.3) is 0 Å². The van der Waals surface area contributed by atoms with E-state index < -0.39 is 0 Å². The molecule has 5 nitrogen and oxygen atoms in total. The number of hydrogen-bond donors (Lipinski definition) is 1. The van der Waals surface area contributed by atoms with Crippen molar-refractivity contribution in [1.82, 2.24) is 4.98 Å². The standard InChI is InChI=1S/C18H19N3O2/c1-12-5-6-16(13(2)8-12)20-18(23)14-9-17(22)21(11-14)15-4-3-7-19-10-15/h3-8,10,14H,9,11H2,1-2H3,(H,20,23). The molecule has 5 heteroatoms. The van der Waals surface area contributed by atoms with Gasteiger partial charge in [0.25, 0.3) is 0 Å². The van der Waals surface area contributed by atoms with Crippen LogP contribution >= 0.6 is 0 Å². The Kier molecular flexibility index (Phi) is 4.10. The zero-order valence-corrected chi connectivity index (χ0v) is 13.2. The lowest BCUT2D eigenvalue weighted by atomic mass is 10.1. The molecule has 0 radical (unpaired) electrons. The zero-order valence-electron chi connectivity index (χ0n) is 13.2. The Morgan fingerprint density at radius 3 is 2.83 bits per heavy atom. The maximum absolute atomic E-state index is 12.5. The van der Waals surface area contributed by atoms with E-state index in [1.807, 2.05) is 38.1 Å². The van der Waals surface area contributed by atoms with Crippen LogP contribution in [0.1, 0.15) is 17.5 Å². The van der Waals surface area contributed by atoms with E-state index in [1.54, 1.807) is 23.4 Å². The number of amides is 2. The molecule has 2 heterocycles. The Hall–Kier alpha value is -2.69. The fourth-order valence-corrected chi connectivity index (χ4v) is 2.83. The van der Waals surface area contributed by atoms with Gasteiger partial charge in [0.1, 0.15) is 0 Å². The summed E-state index contributed by atoms with van der Waals surface area (Å²) >= 11 is 0. The van der Waals surface area contributed by atoms with Gasteiger partial charge in [0.2, 0.25) is 11.8 Å². The summed E-state index contributed by atoms with van der Waals surface area (Å²) in [6, 6.07) is 9.50. The van der Waals surface area contributed by atoms with Crippen LogP contribution in [0, 0.1) is 19.8 Å². The highest BCUT2D eigenvalue weighted by molar-refractivity contribution is 6.03. The quantitative estimate of drug-likeness (QED) is 0.948. The number of nitrogens with zero attached hydrogens (tertiary/aromatic N) is 2. The Morgan fingerprint density at radius 1 is 1.30 bits per heavy atom. The first-order valence-corrected chi connectivity index (χ1v) is 7.63. The van der Waals surface area contributed by atoms with Crippen molar-refractivity contribution in [3.8, 4) is 0 Å². The average molecular weight is 309 g/mol. The van der Waals surface area contributed by atoms with Crippen molar-refractivity contribution in [1.29, 1.82) is 0 Å². The van der Waals surface area contributed by atoms with Crippen LogP contribution in [-0.4, -0.2) is 23.3 Å². The predicted octanol–water partition coefficient (Wildman–Crippen LogP) is 2.69. The Labute approximate surface area is 135 Å². The highest BCUT2D eigenvalue weighted by Gasteiger charge is 2.35. The molecule has 1 atom stereocenters. The van der Waals surface area contributed by atoms with Crippen LogP contribution in [0.4, 0.5) is 11.4 Å². The smallest absolute Gasteiger partial charge is 0.229 e. The summed E-state index contributed by atoms with van der Waals surface area (Å²) in [5.41, 5.74) is 3.71. The molecule has 23 heavy (non-hydrogen) atoms. The van der Waals surface area contributed by atoms with E-state index in [4.69, 9.17) is 0 Å². The summed E-state index contributed by atoms with van der Waals surface area (Å²) in [4.78, 5) is 30.3. The first-order chi connectivity index (χ1) is 11.0. The van der Waals surface area contributed by atoms with Gasteiger partial charge in [-0.25, -0.2) is 0 Å². The van der Waals surface area contributed by atoms with Gasteiger partial charge in [-0.3, -0.25) is 14.6 Å². The zero-order chi connectivity index (χ0) is 16.4. The number of rotatable bonds is 3. The SMILES string of the molecule is Cc1ccc(NC(=O)C2CC(=O)N(c3cccnc3)C2)c(C)c1. The Morgan fingerprint density at radius 2 is 2.13 bits per heavy atom. The normalized spacial score (nSPS) is 17.4. The van der Waals surface area contributed by atoms with Gasteiger partial charge in [-0.15, -0.1) is 0 Å². The van der Waals surface area contributed by atoms with Gasteiger partial charge in [-0.2, -0.15) is 0 Å². The van der Waals surface area contributed by atoms with Crippen LogP contribution in [-0.2, 0) is 9.59 Å². The molecule has 0 saturated carbocycles. The van der Waals surface area contributed by atoms with E-state index >= 15 is 0 Å². The molecule has 1 aromatic carbocycles. The first-order valence-electron chi connectivity index (χ1n) is 7.63. The second-order valence-electron chi connectivity index (χ2n) is 5.92. The van der Waals surface area contributed by atoms with Crippen molar-refractivity contribution >= 4 is 23.2 Å². The van der Waals surface area contributed by atoms with E-state index in [1.165, 1.54) is 0 Å². The highest BCUT2D eigenvalue weighted by Crippen LogP contribution is 2.26. The predicted molar refractivity (Wildman–Crippen MR) is 89.2 cm³/mol. The second kappa shape index (κ2) is 6.20. The van der Waals surface area contributed by atoms with Crippen molar-refractivity contribution in [2.45, 2.75) is 20.3 Å². The summed E-state index contributed by atoms with van der Waals surface area (Å²) < 4.78 is 0. The Balaban J connectivity index is 1.71. The van der Waals surface area contributed by atoms with Gasteiger partial charge in [-0.1, -0.05) is 17.7 Å². The molecule has 0 spiro atoms. The van der Waals surface area contributed by atoms with Crippen molar-refractivity contribution in [3.63, 3.8) is 0 Å². The Bertz CT molecular complexity index is 743. The van der Waals surface area contributed by atoms with Crippen LogP contribution in [0.3, 0.4) is 0 Å². The van der Waals surface area contributed by atoms with E-state index in [2.05, 4.69) is 10.3 Å². The molecule has 1 N–H and O–H groups in total. The molecular formula is C18H19N3O2. The lowest BCUT2D eigenvalue weighted by Crippen LogP contribution is -2.28. The maximum atomic E-state index is 12.5. The molecular weight excluding hydrogens is 290 g/mol. The largest absolute Gasteiger partial charge is 0.326 e. The molecule has 1 aliphatic rings. The molecule has 1 fully saturated rings. The van der Waals surface area contributed by atoms with Gasteiger partial charge in [0.15, 0.2) is 0 Å². The van der Waals surface area contributed by atoms with Crippen molar-refractivity contribution in [2.75, 3.05) is 16.8 Å². The van der Waals surface area contributed by atoms with E-state index in [0.29, 0.717) is 6.54 Å². The number of aryl methyl sites for hydroxylation is 2. The number of aromatic nitrogens is 1. The molecule has 1 aromatic heterocycles. The third kappa shape index (κ3) is 3.23. The summed E-state index contributed by atoms with van der Waals surface area (Å²) in [5.74, 6) is -0.501. The minimum Gasteiger partial charge on any atom is -0.326 e. The fraction of sp³-hybridized carbons (Fsp3) is 0.278. The molecule has 118 valence electrons. The fourth-order valence-electron chi connectivity index (χ4n) is 2.83. The van der Waals surface area contributed by atoms with Crippen molar-refractivity contribution in [2.24, 2.45) is 5.92 Å². The second-order valence-corrected chi connectivity index (χ2v) is 5.92. The third-order valence-electron chi connectivity index (χ3n) is 4.09. The number of hydrogen-bond acceptors (Lipinski definition) is 3. The van der Waals surface area contributed by atoms with Gasteiger partial charge >= 0.3 is 0 Å². The first kappa shape index (κ1) is 15.2. The number of pyridine rings is 1. The number of benzene rings is 1. The van der Waals surface area contributed by atoms with Gasteiger partial charge < -0.3 is 10.2 Å². The summed E-state index contributed by atoms with van der Waals surface area (Å²) in [7, 11) is 0. The number of carbonyl (C=O) groups excluding carboxylic acids is 2. The van der Waals surface area contributed by atoms with Crippen LogP contribution in [0.5, 0.6) is 0 Å². The monoisotopic (exact) mass is 309 g/mol. The topological polar surface area (TPSA) is 62.3 Å². The lowest BCUT2D eigenvalue weighted by Gasteiger charge is -2.16. The van der Waals surface area contributed by atoms with Crippen molar-refractivity contribution in [3.05, 3.63) is 53.9 Å². The van der Waals surface area contributed by atoms with Gasteiger partial charge in [0.05, 0.1) is 17.8 Å². The summed E-state index contributed by atoms with van der Waals surface area (Å²) in [6.07, 6.45) is 3.53. The van der Waals surface area contributed by atoms with Crippen LogP contribution in [0.15, 0.2) is 42.7 Å². The molecule has 2 amide bonds. The van der Waals surface area contributed by atoms with Gasteiger partial charge in [-0.05, 0) is 37.6 Å². The van der Waals surface area contributed by atoms with E-state index in [-0.39, 0.29) is 24.2 Å². The number of carbonyl (C=O) groups is 2. The molecule has 0 aliphatic carbocycles. The molecule has 1 saturated heterocycles. The minimum atomic E-state index is -0.344. The molecule has 1 unspecified atom stereocenters. The van der Waals surface area contributed by atoms with Crippen LogP contribution in [0.2, 0.25) is 0 Å². The lowest BCUT2D eigenvalue weighted by molar-refractivity contribution is -0.122. The average Bonchev–Trinajstić information content (AvgIpc) is 2.93. The molecule has 1 aliphatic heterocycles. The van der Waals surface area contributed by atoms with Crippen molar-refractivity contribution < 1.29 is 9.59 Å². The minimum absolute atomic E-state index is 0.0428. The number of anilines is 2. The van der Waals surface area contributed by atoms with E-state index in [0.717, 1.165) is 22.5 Å². The maximum Gasteiger partial charge on any atom is 0.229 e. The van der Waals surface area contributed by atoms with Crippen LogP contribution < -0.4 is 10.2 Å². The van der Waals surface area contributed by atoms with Gasteiger partial charge in [0, 0.05) is 24.8 Å². The summed E-state index contributed by atoms with van der Waals surface area (Å²) in [6.45, 7) is 4.37.